The number of rotatable bonds is 4. The molecule has 4 rings (SSSR count). The van der Waals surface area contributed by atoms with E-state index in [2.05, 4.69) is 0 Å². The van der Waals surface area contributed by atoms with E-state index in [1.54, 1.807) is 54.6 Å². The highest BCUT2D eigenvalue weighted by atomic mass is 16.5. The van der Waals surface area contributed by atoms with Gasteiger partial charge in [-0.1, -0.05) is 30.3 Å². The molecule has 0 aliphatic carbocycles. The standard InChI is InChI=1S/C24H18N2O4/c25-15-9-7-14(8-10-15)24(29)30-22-6-2-4-17-18(3-1-5-19(17)22)21-13-16(26)11-12-20(21)23(27)28/h1-13H,25-26H2,(H,27,28). The van der Waals surface area contributed by atoms with Gasteiger partial charge in [0.05, 0.1) is 11.1 Å². The first kappa shape index (κ1) is 19.0. The Hall–Kier alpha value is -4.32. The molecule has 0 aliphatic rings. The number of hydrogen-bond acceptors (Lipinski definition) is 5. The van der Waals surface area contributed by atoms with E-state index in [1.807, 2.05) is 18.2 Å². The van der Waals surface area contributed by atoms with E-state index < -0.39 is 11.9 Å². The molecular weight excluding hydrogens is 380 g/mol. The molecule has 0 atom stereocenters. The fourth-order valence-electron chi connectivity index (χ4n) is 3.35. The van der Waals surface area contributed by atoms with Gasteiger partial charge in [0.25, 0.3) is 0 Å². The van der Waals surface area contributed by atoms with E-state index in [4.69, 9.17) is 16.2 Å². The van der Waals surface area contributed by atoms with Crippen LogP contribution in [-0.2, 0) is 0 Å². The maximum absolute atomic E-state index is 12.6. The molecule has 148 valence electrons. The van der Waals surface area contributed by atoms with Gasteiger partial charge >= 0.3 is 11.9 Å². The van der Waals surface area contributed by atoms with Gasteiger partial charge in [-0.2, -0.15) is 0 Å². The summed E-state index contributed by atoms with van der Waals surface area (Å²) in [6.45, 7) is 0. The molecule has 0 bridgehead atoms. The van der Waals surface area contributed by atoms with Crippen molar-refractivity contribution in [3.63, 3.8) is 0 Å². The third kappa shape index (κ3) is 3.54. The summed E-state index contributed by atoms with van der Waals surface area (Å²) in [5.41, 5.74) is 14.3. The monoisotopic (exact) mass is 398 g/mol. The Morgan fingerprint density at radius 2 is 1.40 bits per heavy atom. The van der Waals surface area contributed by atoms with Crippen molar-refractivity contribution in [1.82, 2.24) is 0 Å². The fourth-order valence-corrected chi connectivity index (χ4v) is 3.35. The van der Waals surface area contributed by atoms with Crippen LogP contribution in [0.4, 0.5) is 11.4 Å². The summed E-state index contributed by atoms with van der Waals surface area (Å²) in [6, 6.07) is 21.8. The number of carbonyl (C=O) groups excluding carboxylic acids is 1. The van der Waals surface area contributed by atoms with Crippen molar-refractivity contribution in [3.8, 4) is 16.9 Å². The van der Waals surface area contributed by atoms with Crippen LogP contribution in [0.2, 0.25) is 0 Å². The summed E-state index contributed by atoms with van der Waals surface area (Å²) in [5.74, 6) is -1.19. The van der Waals surface area contributed by atoms with Crippen LogP contribution in [0.1, 0.15) is 20.7 Å². The number of carboxylic acid groups (broad SMARTS) is 1. The number of ether oxygens (including phenoxy) is 1. The van der Waals surface area contributed by atoms with Gasteiger partial charge in [-0.05, 0) is 65.0 Å². The molecule has 6 heteroatoms. The Morgan fingerprint density at radius 3 is 2.13 bits per heavy atom. The lowest BCUT2D eigenvalue weighted by Gasteiger charge is -2.13. The molecule has 0 radical (unpaired) electrons. The van der Waals surface area contributed by atoms with Crippen molar-refractivity contribution >= 4 is 34.1 Å². The minimum atomic E-state index is -1.05. The van der Waals surface area contributed by atoms with Crippen LogP contribution in [0.15, 0.2) is 78.9 Å². The Morgan fingerprint density at radius 1 is 0.733 bits per heavy atom. The number of hydrogen-bond donors (Lipinski definition) is 3. The maximum atomic E-state index is 12.6. The zero-order valence-corrected chi connectivity index (χ0v) is 15.8. The van der Waals surface area contributed by atoms with E-state index in [9.17, 15) is 14.7 Å². The van der Waals surface area contributed by atoms with Gasteiger partial charge in [0, 0.05) is 16.8 Å². The van der Waals surface area contributed by atoms with E-state index in [1.165, 1.54) is 6.07 Å². The Labute approximate surface area is 172 Å². The normalized spacial score (nSPS) is 10.7. The molecule has 0 aliphatic heterocycles. The number of nitrogen functional groups attached to an aromatic ring is 2. The third-order valence-electron chi connectivity index (χ3n) is 4.80. The average molecular weight is 398 g/mol. The van der Waals surface area contributed by atoms with Crippen LogP contribution in [0.3, 0.4) is 0 Å². The lowest BCUT2D eigenvalue weighted by atomic mass is 9.94. The summed E-state index contributed by atoms with van der Waals surface area (Å²) in [5, 5.41) is 11.0. The average Bonchev–Trinajstić information content (AvgIpc) is 2.73. The van der Waals surface area contributed by atoms with Crippen LogP contribution in [0.25, 0.3) is 21.9 Å². The quantitative estimate of drug-likeness (QED) is 0.263. The molecule has 0 unspecified atom stereocenters. The number of fused-ring (bicyclic) bond motifs is 1. The first-order chi connectivity index (χ1) is 14.4. The minimum Gasteiger partial charge on any atom is -0.478 e. The summed E-state index contributed by atoms with van der Waals surface area (Å²) in [6.07, 6.45) is 0. The predicted molar refractivity (Wildman–Crippen MR) is 117 cm³/mol. The van der Waals surface area contributed by atoms with Crippen molar-refractivity contribution in [1.29, 1.82) is 0 Å². The molecule has 4 aromatic carbocycles. The predicted octanol–water partition coefficient (Wildman–Crippen LogP) is 4.59. The van der Waals surface area contributed by atoms with Crippen molar-refractivity contribution in [3.05, 3.63) is 90.0 Å². The Balaban J connectivity index is 1.81. The molecule has 0 spiro atoms. The van der Waals surface area contributed by atoms with Gasteiger partial charge in [-0.15, -0.1) is 0 Å². The Bertz CT molecular complexity index is 1280. The van der Waals surface area contributed by atoms with Gasteiger partial charge in [0.15, 0.2) is 0 Å². The van der Waals surface area contributed by atoms with Crippen LogP contribution in [0.5, 0.6) is 5.75 Å². The van der Waals surface area contributed by atoms with E-state index in [-0.39, 0.29) is 5.56 Å². The lowest BCUT2D eigenvalue weighted by molar-refractivity contribution is 0.0695. The number of benzene rings is 4. The first-order valence-electron chi connectivity index (χ1n) is 9.16. The lowest BCUT2D eigenvalue weighted by Crippen LogP contribution is -2.08. The topological polar surface area (TPSA) is 116 Å². The van der Waals surface area contributed by atoms with Crippen LogP contribution >= 0.6 is 0 Å². The van der Waals surface area contributed by atoms with Crippen LogP contribution in [0, 0.1) is 0 Å². The van der Waals surface area contributed by atoms with Gasteiger partial charge in [0.2, 0.25) is 0 Å². The van der Waals surface area contributed by atoms with Crippen LogP contribution in [-0.4, -0.2) is 17.0 Å². The van der Waals surface area contributed by atoms with Gasteiger partial charge in [0.1, 0.15) is 5.75 Å². The number of carboxylic acids is 1. The van der Waals surface area contributed by atoms with Crippen molar-refractivity contribution in [2.75, 3.05) is 11.5 Å². The first-order valence-corrected chi connectivity index (χ1v) is 9.16. The zero-order valence-electron chi connectivity index (χ0n) is 15.8. The fraction of sp³-hybridized carbons (Fsp3) is 0. The highest BCUT2D eigenvalue weighted by Crippen LogP contribution is 2.36. The minimum absolute atomic E-state index is 0.140. The van der Waals surface area contributed by atoms with Gasteiger partial charge in [-0.25, -0.2) is 9.59 Å². The van der Waals surface area contributed by atoms with E-state index >= 15 is 0 Å². The Kier molecular flexibility index (Phi) is 4.82. The molecule has 6 nitrogen and oxygen atoms in total. The summed E-state index contributed by atoms with van der Waals surface area (Å²) >= 11 is 0. The number of esters is 1. The smallest absolute Gasteiger partial charge is 0.343 e. The van der Waals surface area contributed by atoms with E-state index in [0.717, 1.165) is 5.39 Å². The molecule has 5 N–H and O–H groups in total. The van der Waals surface area contributed by atoms with Crippen LogP contribution < -0.4 is 16.2 Å². The number of nitrogens with two attached hydrogens (primary N) is 2. The molecule has 0 fully saturated rings. The molecular formula is C24H18N2O4. The SMILES string of the molecule is Nc1ccc(C(=O)Oc2cccc3c(-c4cc(N)ccc4C(=O)O)cccc23)cc1. The molecule has 4 aromatic rings. The highest BCUT2D eigenvalue weighted by molar-refractivity contribution is 6.06. The number of anilines is 2. The van der Waals surface area contributed by atoms with E-state index in [0.29, 0.717) is 39.2 Å². The molecule has 0 saturated carbocycles. The third-order valence-corrected chi connectivity index (χ3v) is 4.80. The summed E-state index contributed by atoms with van der Waals surface area (Å²) < 4.78 is 5.63. The zero-order chi connectivity index (χ0) is 21.3. The van der Waals surface area contributed by atoms with Gasteiger partial charge in [-0.3, -0.25) is 0 Å². The second kappa shape index (κ2) is 7.60. The number of carbonyl (C=O) groups is 2. The molecule has 0 amide bonds. The largest absolute Gasteiger partial charge is 0.478 e. The highest BCUT2D eigenvalue weighted by Gasteiger charge is 2.16. The second-order valence-electron chi connectivity index (χ2n) is 6.78. The molecule has 0 heterocycles. The summed E-state index contributed by atoms with van der Waals surface area (Å²) in [7, 11) is 0. The van der Waals surface area contributed by atoms with Gasteiger partial charge < -0.3 is 21.3 Å². The molecule has 0 saturated heterocycles. The van der Waals surface area contributed by atoms with Crippen molar-refractivity contribution in [2.24, 2.45) is 0 Å². The maximum Gasteiger partial charge on any atom is 0.343 e. The summed E-state index contributed by atoms with van der Waals surface area (Å²) in [4.78, 5) is 24.3. The second-order valence-corrected chi connectivity index (χ2v) is 6.78. The molecule has 0 aromatic heterocycles. The van der Waals surface area contributed by atoms with Crippen molar-refractivity contribution < 1.29 is 19.4 Å². The van der Waals surface area contributed by atoms with Crippen molar-refractivity contribution in [2.45, 2.75) is 0 Å². The number of aromatic carboxylic acids is 1. The molecule has 30 heavy (non-hydrogen) atoms.